The summed E-state index contributed by atoms with van der Waals surface area (Å²) < 4.78 is 0.454. The lowest BCUT2D eigenvalue weighted by Crippen LogP contribution is -2.18. The highest BCUT2D eigenvalue weighted by molar-refractivity contribution is 9.10. The number of hydrogen-bond donors (Lipinski definition) is 2. The Morgan fingerprint density at radius 2 is 2.33 bits per heavy atom. The zero-order chi connectivity index (χ0) is 11.3. The number of nitrogens with one attached hydrogen (secondary N) is 2. The van der Waals surface area contributed by atoms with E-state index in [1.54, 1.807) is 0 Å². The van der Waals surface area contributed by atoms with E-state index in [4.69, 9.17) is 0 Å². The maximum atomic E-state index is 11.2. The Morgan fingerprint density at radius 3 is 3.00 bits per heavy atom. The van der Waals surface area contributed by atoms with Crippen molar-refractivity contribution in [2.75, 3.05) is 32.5 Å². The van der Waals surface area contributed by atoms with Gasteiger partial charge in [-0.1, -0.05) is 0 Å². The fourth-order valence-corrected chi connectivity index (χ4v) is 1.47. The average molecular weight is 275 g/mol. The second kappa shape index (κ2) is 5.87. The van der Waals surface area contributed by atoms with E-state index in [0.717, 1.165) is 19.5 Å². The van der Waals surface area contributed by atoms with Crippen LogP contribution in [-0.4, -0.2) is 42.1 Å². The molecular weight excluding hydrogens is 260 g/mol. The Labute approximate surface area is 97.0 Å². The average Bonchev–Trinajstić information content (AvgIpc) is 2.18. The van der Waals surface area contributed by atoms with Gasteiger partial charge >= 0.3 is 0 Å². The van der Waals surface area contributed by atoms with E-state index in [-0.39, 0.29) is 5.56 Å². The van der Waals surface area contributed by atoms with Gasteiger partial charge in [-0.2, -0.15) is 0 Å². The number of rotatable bonds is 5. The van der Waals surface area contributed by atoms with Gasteiger partial charge in [0.15, 0.2) is 0 Å². The summed E-state index contributed by atoms with van der Waals surface area (Å²) in [6.07, 6.45) is 2.40. The predicted molar refractivity (Wildman–Crippen MR) is 64.2 cm³/mol. The summed E-state index contributed by atoms with van der Waals surface area (Å²) in [7, 11) is 4.06. The molecule has 1 heterocycles. The molecule has 0 atom stereocenters. The van der Waals surface area contributed by atoms with Crippen LogP contribution in [0.3, 0.4) is 0 Å². The molecule has 0 aliphatic carbocycles. The van der Waals surface area contributed by atoms with Gasteiger partial charge in [0.25, 0.3) is 5.56 Å². The van der Waals surface area contributed by atoms with Crippen molar-refractivity contribution in [2.45, 2.75) is 6.42 Å². The van der Waals surface area contributed by atoms with Crippen molar-refractivity contribution in [1.82, 2.24) is 14.9 Å². The van der Waals surface area contributed by atoms with E-state index in [1.165, 1.54) is 6.33 Å². The molecule has 1 aromatic heterocycles. The highest BCUT2D eigenvalue weighted by Gasteiger charge is 2.03. The largest absolute Gasteiger partial charge is 0.369 e. The van der Waals surface area contributed by atoms with E-state index in [0.29, 0.717) is 10.3 Å². The van der Waals surface area contributed by atoms with Crippen LogP contribution >= 0.6 is 15.9 Å². The van der Waals surface area contributed by atoms with E-state index in [1.807, 2.05) is 14.1 Å². The highest BCUT2D eigenvalue weighted by Crippen LogP contribution is 2.12. The summed E-state index contributed by atoms with van der Waals surface area (Å²) in [5.41, 5.74) is -0.167. The zero-order valence-electron chi connectivity index (χ0n) is 8.88. The molecule has 1 aromatic rings. The van der Waals surface area contributed by atoms with Gasteiger partial charge in [-0.3, -0.25) is 4.79 Å². The van der Waals surface area contributed by atoms with E-state index in [9.17, 15) is 4.79 Å². The number of nitrogens with zero attached hydrogens (tertiary/aromatic N) is 2. The van der Waals surface area contributed by atoms with Crippen LogP contribution in [0, 0.1) is 0 Å². The molecule has 0 unspecified atom stereocenters. The highest BCUT2D eigenvalue weighted by atomic mass is 79.9. The van der Waals surface area contributed by atoms with Crippen molar-refractivity contribution in [3.8, 4) is 0 Å². The summed E-state index contributed by atoms with van der Waals surface area (Å²) in [5.74, 6) is 0.595. The third-order valence-corrected chi connectivity index (χ3v) is 2.61. The molecule has 1 rings (SSSR count). The van der Waals surface area contributed by atoms with Crippen molar-refractivity contribution in [3.05, 3.63) is 21.2 Å². The molecule has 0 aromatic carbocycles. The quantitative estimate of drug-likeness (QED) is 0.784. The predicted octanol–water partition coefficient (Wildman–Crippen LogP) is 0.896. The number of hydrogen-bond acceptors (Lipinski definition) is 4. The van der Waals surface area contributed by atoms with Gasteiger partial charge in [0, 0.05) is 6.54 Å². The van der Waals surface area contributed by atoms with Crippen LogP contribution in [-0.2, 0) is 0 Å². The van der Waals surface area contributed by atoms with Crippen molar-refractivity contribution in [1.29, 1.82) is 0 Å². The standard InChI is InChI=1S/C9H15BrN4O/c1-14(2)5-3-4-11-8-7(10)9(15)13-6-12-8/h6H,3-5H2,1-2H3,(H2,11,12,13,15). The monoisotopic (exact) mass is 274 g/mol. The molecule has 0 bridgehead atoms. The van der Waals surface area contributed by atoms with Gasteiger partial charge in [-0.05, 0) is 43.0 Å². The number of anilines is 1. The molecule has 0 radical (unpaired) electrons. The smallest absolute Gasteiger partial charge is 0.267 e. The summed E-state index contributed by atoms with van der Waals surface area (Å²) in [5, 5.41) is 3.10. The van der Waals surface area contributed by atoms with Gasteiger partial charge < -0.3 is 15.2 Å². The molecule has 0 spiro atoms. The minimum absolute atomic E-state index is 0.167. The molecule has 0 aliphatic rings. The number of halogens is 1. The first-order valence-corrected chi connectivity index (χ1v) is 5.52. The SMILES string of the molecule is CN(C)CCCNc1nc[nH]c(=O)c1Br. The molecule has 6 heteroatoms. The van der Waals surface area contributed by atoms with Crippen LogP contribution < -0.4 is 10.9 Å². The number of aromatic nitrogens is 2. The number of aromatic amines is 1. The Morgan fingerprint density at radius 1 is 1.60 bits per heavy atom. The first-order chi connectivity index (χ1) is 7.11. The molecule has 84 valence electrons. The third kappa shape index (κ3) is 4.01. The summed E-state index contributed by atoms with van der Waals surface area (Å²) >= 11 is 3.18. The molecule has 0 fully saturated rings. The van der Waals surface area contributed by atoms with Crippen LogP contribution in [0.1, 0.15) is 6.42 Å². The molecular formula is C9H15BrN4O. The maximum Gasteiger partial charge on any atom is 0.267 e. The minimum Gasteiger partial charge on any atom is -0.369 e. The Kier molecular flexibility index (Phi) is 4.77. The van der Waals surface area contributed by atoms with Gasteiger partial charge in [-0.25, -0.2) is 4.98 Å². The summed E-state index contributed by atoms with van der Waals surface area (Å²) in [6, 6.07) is 0. The van der Waals surface area contributed by atoms with E-state index < -0.39 is 0 Å². The van der Waals surface area contributed by atoms with Gasteiger partial charge in [0.1, 0.15) is 10.3 Å². The summed E-state index contributed by atoms with van der Waals surface area (Å²) in [6.45, 7) is 1.81. The van der Waals surface area contributed by atoms with Gasteiger partial charge in [-0.15, -0.1) is 0 Å². The molecule has 0 saturated carbocycles. The first kappa shape index (κ1) is 12.2. The molecule has 0 saturated heterocycles. The van der Waals surface area contributed by atoms with Crippen LogP contribution in [0.4, 0.5) is 5.82 Å². The van der Waals surface area contributed by atoms with Crippen molar-refractivity contribution in [3.63, 3.8) is 0 Å². The van der Waals surface area contributed by atoms with Gasteiger partial charge in [0.05, 0.1) is 6.33 Å². The Hall–Kier alpha value is -0.880. The van der Waals surface area contributed by atoms with Crippen LogP contribution in [0.25, 0.3) is 0 Å². The zero-order valence-corrected chi connectivity index (χ0v) is 10.5. The Balaban J connectivity index is 2.44. The van der Waals surface area contributed by atoms with E-state index in [2.05, 4.69) is 36.1 Å². The van der Waals surface area contributed by atoms with Crippen molar-refractivity contribution >= 4 is 21.7 Å². The van der Waals surface area contributed by atoms with Crippen LogP contribution in [0.2, 0.25) is 0 Å². The Bertz CT molecular complexity index is 363. The molecule has 2 N–H and O–H groups in total. The second-order valence-electron chi connectivity index (χ2n) is 3.48. The van der Waals surface area contributed by atoms with Crippen molar-refractivity contribution in [2.24, 2.45) is 0 Å². The van der Waals surface area contributed by atoms with Crippen LogP contribution in [0.5, 0.6) is 0 Å². The molecule has 5 nitrogen and oxygen atoms in total. The minimum atomic E-state index is -0.167. The first-order valence-electron chi connectivity index (χ1n) is 4.73. The van der Waals surface area contributed by atoms with Crippen LogP contribution in [0.15, 0.2) is 15.6 Å². The maximum absolute atomic E-state index is 11.2. The fourth-order valence-electron chi connectivity index (χ4n) is 1.11. The van der Waals surface area contributed by atoms with Crippen molar-refractivity contribution < 1.29 is 0 Å². The lowest BCUT2D eigenvalue weighted by atomic mass is 10.4. The number of H-pyrrole nitrogens is 1. The van der Waals surface area contributed by atoms with Gasteiger partial charge in [0.2, 0.25) is 0 Å². The summed E-state index contributed by atoms with van der Waals surface area (Å²) in [4.78, 5) is 19.8. The normalized spacial score (nSPS) is 10.7. The molecule has 0 amide bonds. The molecule has 0 aliphatic heterocycles. The lowest BCUT2D eigenvalue weighted by Gasteiger charge is -2.10. The third-order valence-electron chi connectivity index (χ3n) is 1.87. The topological polar surface area (TPSA) is 61.0 Å². The molecule has 15 heavy (non-hydrogen) atoms. The fraction of sp³-hybridized carbons (Fsp3) is 0.556. The van der Waals surface area contributed by atoms with E-state index >= 15 is 0 Å². The second-order valence-corrected chi connectivity index (χ2v) is 4.27. The lowest BCUT2D eigenvalue weighted by molar-refractivity contribution is 0.405.